The fourth-order valence-corrected chi connectivity index (χ4v) is 5.73. The van der Waals surface area contributed by atoms with Crippen LogP contribution in [-0.2, 0) is 36.0 Å². The molecule has 4 heterocycles. The number of carbonyl (C=O) groups is 2. The highest BCUT2D eigenvalue weighted by molar-refractivity contribution is 5.99. The number of hydrogen-bond donors (Lipinski definition) is 1. The Morgan fingerprint density at radius 1 is 1.18 bits per heavy atom. The number of esters is 1. The van der Waals surface area contributed by atoms with Gasteiger partial charge in [0.25, 0.3) is 5.91 Å². The number of amides is 1. The standard InChI is InChI=1S/C27H34N6O5/c1-6-8-17-13-20(25(35)33-12-10-22(34)27(33,3)26(36)38-7-2)32-11-9-16-14-21(37-5)19(15-18(16)23(17)32)24-28-30-31(4)29-24/h13-15,22,34H,6-12H2,1-5H3. The third-order valence-electron chi connectivity index (χ3n) is 7.72. The van der Waals surface area contributed by atoms with Crippen molar-refractivity contribution in [2.45, 2.75) is 64.6 Å². The summed E-state index contributed by atoms with van der Waals surface area (Å²) in [4.78, 5) is 29.8. The molecule has 2 aliphatic rings. The summed E-state index contributed by atoms with van der Waals surface area (Å²) in [5.41, 5.74) is 3.93. The molecular weight excluding hydrogens is 488 g/mol. The molecule has 0 spiro atoms. The number of methoxy groups -OCH3 is 1. The van der Waals surface area contributed by atoms with Gasteiger partial charge in [-0.3, -0.25) is 4.79 Å². The number of nitrogens with zero attached hydrogens (tertiary/aromatic N) is 6. The molecule has 2 unspecified atom stereocenters. The Hall–Kier alpha value is -3.73. The number of fused-ring (bicyclic) bond motifs is 3. The summed E-state index contributed by atoms with van der Waals surface area (Å²) < 4.78 is 13.0. The van der Waals surface area contributed by atoms with Crippen LogP contribution in [0.1, 0.15) is 55.2 Å². The van der Waals surface area contributed by atoms with Gasteiger partial charge in [-0.15, -0.1) is 10.2 Å². The molecule has 2 aromatic heterocycles. The Bertz CT molecular complexity index is 1390. The molecule has 1 fully saturated rings. The monoisotopic (exact) mass is 522 g/mol. The van der Waals surface area contributed by atoms with E-state index in [4.69, 9.17) is 9.47 Å². The molecule has 1 N–H and O–H groups in total. The van der Waals surface area contributed by atoms with E-state index in [1.807, 2.05) is 22.8 Å². The van der Waals surface area contributed by atoms with Gasteiger partial charge in [0.15, 0.2) is 5.54 Å². The van der Waals surface area contributed by atoms with Gasteiger partial charge in [0, 0.05) is 18.7 Å². The van der Waals surface area contributed by atoms with Gasteiger partial charge in [0.1, 0.15) is 11.4 Å². The maximum absolute atomic E-state index is 14.0. The summed E-state index contributed by atoms with van der Waals surface area (Å²) in [7, 11) is 3.33. The minimum atomic E-state index is -1.44. The zero-order valence-corrected chi connectivity index (χ0v) is 22.5. The Kier molecular flexibility index (Phi) is 6.72. The van der Waals surface area contributed by atoms with E-state index in [1.54, 1.807) is 28.0 Å². The molecule has 38 heavy (non-hydrogen) atoms. The summed E-state index contributed by atoms with van der Waals surface area (Å²) in [5.74, 6) is 0.256. The minimum absolute atomic E-state index is 0.174. The molecule has 1 saturated heterocycles. The van der Waals surface area contributed by atoms with E-state index >= 15 is 0 Å². The van der Waals surface area contributed by atoms with Crippen molar-refractivity contribution in [1.29, 1.82) is 0 Å². The average Bonchev–Trinajstić information content (AvgIpc) is 3.59. The summed E-state index contributed by atoms with van der Waals surface area (Å²) in [6.45, 7) is 6.46. The van der Waals surface area contributed by atoms with Crippen LogP contribution in [0.2, 0.25) is 0 Å². The molecule has 5 rings (SSSR count). The van der Waals surface area contributed by atoms with Crippen LogP contribution in [0.25, 0.3) is 22.6 Å². The van der Waals surface area contributed by atoms with Crippen molar-refractivity contribution in [2.75, 3.05) is 20.3 Å². The maximum atomic E-state index is 14.0. The summed E-state index contributed by atoms with van der Waals surface area (Å²) in [5, 5.41) is 23.3. The third-order valence-corrected chi connectivity index (χ3v) is 7.72. The Balaban J connectivity index is 1.63. The number of tetrazole rings is 1. The van der Waals surface area contributed by atoms with Gasteiger partial charge >= 0.3 is 5.97 Å². The van der Waals surface area contributed by atoms with E-state index in [0.717, 1.165) is 40.8 Å². The molecule has 0 aliphatic carbocycles. The number of rotatable bonds is 7. The van der Waals surface area contributed by atoms with Gasteiger partial charge in [0.05, 0.1) is 38.1 Å². The van der Waals surface area contributed by atoms with E-state index in [1.165, 1.54) is 9.70 Å². The fraction of sp³-hybridized carbons (Fsp3) is 0.519. The van der Waals surface area contributed by atoms with Crippen LogP contribution in [0.3, 0.4) is 0 Å². The fourth-order valence-electron chi connectivity index (χ4n) is 5.73. The van der Waals surface area contributed by atoms with Crippen LogP contribution in [0.4, 0.5) is 0 Å². The second kappa shape index (κ2) is 9.86. The molecule has 2 atom stereocenters. The van der Waals surface area contributed by atoms with Crippen molar-refractivity contribution in [3.63, 3.8) is 0 Å². The number of likely N-dealkylation sites (tertiary alicyclic amines) is 1. The van der Waals surface area contributed by atoms with Crippen LogP contribution in [0, 0.1) is 0 Å². The number of carbonyl (C=O) groups excluding carboxylic acids is 2. The van der Waals surface area contributed by atoms with Crippen molar-refractivity contribution in [3.8, 4) is 28.4 Å². The number of ether oxygens (including phenoxy) is 2. The van der Waals surface area contributed by atoms with Crippen LogP contribution in [-0.4, -0.2) is 78.6 Å². The molecule has 11 nitrogen and oxygen atoms in total. The van der Waals surface area contributed by atoms with Gasteiger partial charge in [-0.05, 0) is 67.6 Å². The number of aryl methyl sites for hydroxylation is 3. The lowest BCUT2D eigenvalue weighted by Gasteiger charge is -2.35. The molecule has 202 valence electrons. The molecule has 0 radical (unpaired) electrons. The van der Waals surface area contributed by atoms with Crippen molar-refractivity contribution < 1.29 is 24.2 Å². The van der Waals surface area contributed by atoms with Crippen molar-refractivity contribution in [2.24, 2.45) is 7.05 Å². The lowest BCUT2D eigenvalue weighted by atomic mass is 9.92. The van der Waals surface area contributed by atoms with Crippen LogP contribution < -0.4 is 4.74 Å². The summed E-state index contributed by atoms with van der Waals surface area (Å²) >= 11 is 0. The van der Waals surface area contributed by atoms with E-state index in [-0.39, 0.29) is 19.1 Å². The van der Waals surface area contributed by atoms with Gasteiger partial charge in [-0.2, -0.15) is 4.80 Å². The highest BCUT2D eigenvalue weighted by Gasteiger charge is 2.54. The average molecular weight is 523 g/mol. The van der Waals surface area contributed by atoms with Crippen LogP contribution in [0.15, 0.2) is 18.2 Å². The molecule has 3 aromatic rings. The Morgan fingerprint density at radius 3 is 2.63 bits per heavy atom. The molecule has 2 aliphatic heterocycles. The van der Waals surface area contributed by atoms with Crippen LogP contribution in [0.5, 0.6) is 5.75 Å². The van der Waals surface area contributed by atoms with Crippen molar-refractivity contribution in [1.82, 2.24) is 29.7 Å². The normalized spacial score (nSPS) is 20.3. The number of aliphatic hydroxyl groups is 1. The van der Waals surface area contributed by atoms with Gasteiger partial charge in [-0.25, -0.2) is 4.79 Å². The Labute approximate surface area is 221 Å². The number of hydrogen-bond acceptors (Lipinski definition) is 8. The number of benzene rings is 1. The predicted molar refractivity (Wildman–Crippen MR) is 139 cm³/mol. The van der Waals surface area contributed by atoms with E-state index in [0.29, 0.717) is 36.7 Å². The molecule has 0 saturated carbocycles. The summed E-state index contributed by atoms with van der Waals surface area (Å²) in [6.07, 6.45) is 1.70. The molecule has 0 bridgehead atoms. The van der Waals surface area contributed by atoms with Gasteiger partial charge in [-0.1, -0.05) is 13.3 Å². The van der Waals surface area contributed by atoms with Crippen LogP contribution >= 0.6 is 0 Å². The number of aromatic nitrogens is 5. The molecule has 1 aromatic carbocycles. The first-order valence-corrected chi connectivity index (χ1v) is 13.1. The third kappa shape index (κ3) is 3.96. The summed E-state index contributed by atoms with van der Waals surface area (Å²) in [6, 6.07) is 5.98. The van der Waals surface area contributed by atoms with Gasteiger partial charge in [0.2, 0.25) is 5.82 Å². The second-order valence-electron chi connectivity index (χ2n) is 10.00. The smallest absolute Gasteiger partial charge is 0.334 e. The van der Waals surface area contributed by atoms with Gasteiger partial charge < -0.3 is 24.0 Å². The molecular formula is C27H34N6O5. The lowest BCUT2D eigenvalue weighted by molar-refractivity contribution is -0.158. The Morgan fingerprint density at radius 2 is 1.97 bits per heavy atom. The highest BCUT2D eigenvalue weighted by Crippen LogP contribution is 2.42. The van der Waals surface area contributed by atoms with Crippen molar-refractivity contribution in [3.05, 3.63) is 35.0 Å². The zero-order valence-electron chi connectivity index (χ0n) is 22.5. The minimum Gasteiger partial charge on any atom is -0.496 e. The first kappa shape index (κ1) is 25.9. The first-order valence-electron chi connectivity index (χ1n) is 13.1. The SMILES string of the molecule is CCCc1cc(C(=O)N2CCC(O)C2(C)C(=O)OCC)n2c1-c1cc(-c3nnn(C)n3)c(OC)cc1CC2. The van der Waals surface area contributed by atoms with E-state index in [9.17, 15) is 14.7 Å². The largest absolute Gasteiger partial charge is 0.496 e. The predicted octanol–water partition coefficient (Wildman–Crippen LogP) is 2.39. The zero-order chi connectivity index (χ0) is 27.2. The van der Waals surface area contributed by atoms with Crippen molar-refractivity contribution >= 4 is 11.9 Å². The first-order chi connectivity index (χ1) is 18.2. The maximum Gasteiger partial charge on any atom is 0.334 e. The quantitative estimate of drug-likeness (QED) is 0.469. The molecule has 11 heteroatoms. The lowest BCUT2D eigenvalue weighted by Crippen LogP contribution is -2.57. The second-order valence-corrected chi connectivity index (χ2v) is 10.00. The van der Waals surface area contributed by atoms with E-state index in [2.05, 4.69) is 22.3 Å². The number of aliphatic hydroxyl groups excluding tert-OH is 1. The highest BCUT2D eigenvalue weighted by atomic mass is 16.5. The van der Waals surface area contributed by atoms with E-state index < -0.39 is 17.6 Å². The topological polar surface area (TPSA) is 125 Å². The molecule has 1 amide bonds.